The zero-order chi connectivity index (χ0) is 15.1. The molecule has 0 bridgehead atoms. The van der Waals surface area contributed by atoms with E-state index in [2.05, 4.69) is 16.0 Å². The highest BCUT2D eigenvalue weighted by molar-refractivity contribution is 8.14. The number of piperidine rings is 1. The molecular formula is C17H18N2O2S. The number of fused-ring (bicyclic) bond motifs is 2. The van der Waals surface area contributed by atoms with Crippen molar-refractivity contribution in [3.05, 3.63) is 36.0 Å². The van der Waals surface area contributed by atoms with Crippen LogP contribution in [-0.4, -0.2) is 34.8 Å². The molecule has 2 aromatic rings. The van der Waals surface area contributed by atoms with Crippen molar-refractivity contribution in [2.45, 2.75) is 30.6 Å². The first-order valence-electron chi connectivity index (χ1n) is 7.68. The number of carbonyl (C=O) groups is 1. The van der Waals surface area contributed by atoms with Gasteiger partial charge in [0.2, 0.25) is 0 Å². The second kappa shape index (κ2) is 5.47. The molecule has 3 heterocycles. The molecule has 2 aliphatic heterocycles. The van der Waals surface area contributed by atoms with Gasteiger partial charge in [0, 0.05) is 24.2 Å². The first-order chi connectivity index (χ1) is 10.8. The number of ether oxygens (including phenoxy) is 1. The maximum Gasteiger partial charge on any atom is 0.282 e. The molecular weight excluding hydrogens is 296 g/mol. The summed E-state index contributed by atoms with van der Waals surface area (Å²) in [5.74, 6) is 0.830. The second-order valence-corrected chi connectivity index (χ2v) is 6.94. The van der Waals surface area contributed by atoms with E-state index < -0.39 is 0 Å². The molecule has 5 heteroatoms. The van der Waals surface area contributed by atoms with E-state index in [0.717, 1.165) is 36.0 Å². The molecule has 22 heavy (non-hydrogen) atoms. The van der Waals surface area contributed by atoms with E-state index in [9.17, 15) is 4.79 Å². The average molecular weight is 314 g/mol. The lowest BCUT2D eigenvalue weighted by Gasteiger charge is -2.31. The topological polar surface area (TPSA) is 42.4 Å². The molecule has 1 aromatic heterocycles. The molecule has 0 spiro atoms. The van der Waals surface area contributed by atoms with Gasteiger partial charge in [-0.15, -0.1) is 0 Å². The molecule has 0 N–H and O–H groups in total. The van der Waals surface area contributed by atoms with Crippen LogP contribution in [0.15, 0.2) is 30.5 Å². The lowest BCUT2D eigenvalue weighted by Crippen LogP contribution is -2.38. The highest BCUT2D eigenvalue weighted by Gasteiger charge is 2.42. The third-order valence-electron chi connectivity index (χ3n) is 4.65. The molecule has 2 aliphatic rings. The molecule has 0 radical (unpaired) electrons. The molecule has 2 saturated heterocycles. The van der Waals surface area contributed by atoms with Gasteiger partial charge in [-0.3, -0.25) is 9.78 Å². The van der Waals surface area contributed by atoms with Gasteiger partial charge >= 0.3 is 0 Å². The first-order valence-corrected chi connectivity index (χ1v) is 8.56. The third-order valence-corrected chi connectivity index (χ3v) is 5.91. The number of aromatic nitrogens is 1. The van der Waals surface area contributed by atoms with Gasteiger partial charge in [-0.05, 0) is 49.1 Å². The fourth-order valence-electron chi connectivity index (χ4n) is 3.55. The highest BCUT2D eigenvalue weighted by atomic mass is 32.2. The number of benzene rings is 1. The van der Waals surface area contributed by atoms with Crippen LogP contribution in [0.25, 0.3) is 10.9 Å². The summed E-state index contributed by atoms with van der Waals surface area (Å²) in [6, 6.07) is 8.33. The molecule has 1 amide bonds. The average Bonchev–Trinajstić information content (AvgIpc) is 2.91. The van der Waals surface area contributed by atoms with E-state index >= 15 is 0 Å². The van der Waals surface area contributed by atoms with Gasteiger partial charge in [-0.25, -0.2) is 0 Å². The Labute approximate surface area is 133 Å². The zero-order valence-corrected chi connectivity index (χ0v) is 13.3. The van der Waals surface area contributed by atoms with Crippen molar-refractivity contribution in [2.75, 3.05) is 13.7 Å². The van der Waals surface area contributed by atoms with E-state index in [0.29, 0.717) is 6.04 Å². The van der Waals surface area contributed by atoms with Gasteiger partial charge in [0.15, 0.2) is 0 Å². The summed E-state index contributed by atoms with van der Waals surface area (Å²) in [6.45, 7) is 0.902. The molecule has 0 aliphatic carbocycles. The Balaban J connectivity index is 1.81. The summed E-state index contributed by atoms with van der Waals surface area (Å²) in [5, 5.41) is 1.52. The number of hydrogen-bond donors (Lipinski definition) is 0. The minimum Gasteiger partial charge on any atom is -0.497 e. The number of carbonyl (C=O) groups excluding carboxylic acids is 1. The van der Waals surface area contributed by atoms with Gasteiger partial charge in [-0.2, -0.15) is 0 Å². The van der Waals surface area contributed by atoms with E-state index in [1.54, 1.807) is 7.11 Å². The van der Waals surface area contributed by atoms with Crippen molar-refractivity contribution in [1.82, 2.24) is 9.88 Å². The Kier molecular flexibility index (Phi) is 3.45. The van der Waals surface area contributed by atoms with Gasteiger partial charge in [0.25, 0.3) is 5.24 Å². The second-order valence-electron chi connectivity index (χ2n) is 5.84. The zero-order valence-electron chi connectivity index (χ0n) is 12.5. The Hall–Kier alpha value is -1.75. The number of pyridine rings is 1. The Bertz CT molecular complexity index is 734. The normalized spacial score (nSPS) is 24.6. The van der Waals surface area contributed by atoms with Crippen LogP contribution in [-0.2, 0) is 0 Å². The maximum atomic E-state index is 12.3. The fraction of sp³-hybridized carbons (Fsp3) is 0.412. The van der Waals surface area contributed by atoms with Crippen LogP contribution in [0.1, 0.15) is 30.1 Å². The van der Waals surface area contributed by atoms with Gasteiger partial charge in [-0.1, -0.05) is 11.8 Å². The van der Waals surface area contributed by atoms with Crippen molar-refractivity contribution < 1.29 is 9.53 Å². The third kappa shape index (κ3) is 2.15. The Morgan fingerprint density at radius 1 is 1.32 bits per heavy atom. The minimum atomic E-state index is 0.199. The molecule has 0 unspecified atom stereocenters. The van der Waals surface area contributed by atoms with Crippen molar-refractivity contribution in [1.29, 1.82) is 0 Å². The number of methoxy groups -OCH3 is 1. The Morgan fingerprint density at radius 3 is 3.09 bits per heavy atom. The van der Waals surface area contributed by atoms with Crippen LogP contribution in [0.3, 0.4) is 0 Å². The van der Waals surface area contributed by atoms with Crippen molar-refractivity contribution in [2.24, 2.45) is 0 Å². The largest absolute Gasteiger partial charge is 0.497 e. The molecule has 114 valence electrons. The van der Waals surface area contributed by atoms with Crippen LogP contribution in [0.5, 0.6) is 5.75 Å². The van der Waals surface area contributed by atoms with Crippen LogP contribution in [0.4, 0.5) is 4.79 Å². The highest BCUT2D eigenvalue weighted by Crippen LogP contribution is 2.48. The summed E-state index contributed by atoms with van der Waals surface area (Å²) in [7, 11) is 1.67. The van der Waals surface area contributed by atoms with Crippen LogP contribution in [0.2, 0.25) is 0 Å². The quantitative estimate of drug-likeness (QED) is 0.840. The minimum absolute atomic E-state index is 0.199. The van der Waals surface area contributed by atoms with Gasteiger partial charge < -0.3 is 9.64 Å². The Morgan fingerprint density at radius 2 is 2.23 bits per heavy atom. The van der Waals surface area contributed by atoms with Crippen LogP contribution >= 0.6 is 11.8 Å². The lowest BCUT2D eigenvalue weighted by molar-refractivity contribution is 0.181. The van der Waals surface area contributed by atoms with Crippen molar-refractivity contribution >= 4 is 27.9 Å². The maximum absolute atomic E-state index is 12.3. The summed E-state index contributed by atoms with van der Waals surface area (Å²) >= 11 is 1.47. The number of rotatable bonds is 2. The summed E-state index contributed by atoms with van der Waals surface area (Å²) < 4.78 is 5.36. The molecule has 2 atom stereocenters. The summed E-state index contributed by atoms with van der Waals surface area (Å²) in [4.78, 5) is 18.8. The number of thioether (sulfide) groups is 1. The fourth-order valence-corrected chi connectivity index (χ4v) is 4.90. The van der Waals surface area contributed by atoms with Crippen LogP contribution < -0.4 is 4.74 Å². The van der Waals surface area contributed by atoms with Crippen LogP contribution in [0, 0.1) is 0 Å². The van der Waals surface area contributed by atoms with E-state index in [1.807, 2.05) is 24.4 Å². The van der Waals surface area contributed by atoms with Crippen molar-refractivity contribution in [3.8, 4) is 5.75 Å². The molecule has 2 fully saturated rings. The number of nitrogens with zero attached hydrogens (tertiary/aromatic N) is 2. The SMILES string of the molecule is COc1ccc2nccc([C@@H]3SC(=O)N4CCCC[C@@H]34)c2c1. The van der Waals surface area contributed by atoms with Crippen molar-refractivity contribution in [3.63, 3.8) is 0 Å². The summed E-state index contributed by atoms with van der Waals surface area (Å²) in [5.41, 5.74) is 2.16. The molecule has 4 rings (SSSR count). The standard InChI is InChI=1S/C17H18N2O2S/c1-21-11-5-6-14-13(10-11)12(7-8-18-14)16-15-4-2-3-9-19(15)17(20)22-16/h5-8,10,15-16H,2-4,9H2,1H3/t15-,16-/m0/s1. The van der Waals surface area contributed by atoms with E-state index in [1.165, 1.54) is 23.7 Å². The monoisotopic (exact) mass is 314 g/mol. The van der Waals surface area contributed by atoms with Gasteiger partial charge in [0.1, 0.15) is 5.75 Å². The predicted octanol–water partition coefficient (Wildman–Crippen LogP) is 4.01. The summed E-state index contributed by atoms with van der Waals surface area (Å²) in [6.07, 6.45) is 5.27. The number of hydrogen-bond acceptors (Lipinski definition) is 4. The first kappa shape index (κ1) is 13.9. The molecule has 0 saturated carbocycles. The predicted molar refractivity (Wildman–Crippen MR) is 88.4 cm³/mol. The van der Waals surface area contributed by atoms with E-state index in [-0.39, 0.29) is 10.5 Å². The number of amides is 1. The smallest absolute Gasteiger partial charge is 0.282 e. The lowest BCUT2D eigenvalue weighted by atomic mass is 9.94. The molecule has 4 nitrogen and oxygen atoms in total. The molecule has 1 aromatic carbocycles. The van der Waals surface area contributed by atoms with Gasteiger partial charge in [0.05, 0.1) is 17.9 Å². The van der Waals surface area contributed by atoms with E-state index in [4.69, 9.17) is 4.74 Å².